The van der Waals surface area contributed by atoms with Gasteiger partial charge in [0.05, 0.1) is 13.4 Å². The number of ether oxygens (including phenoxy) is 1. The summed E-state index contributed by atoms with van der Waals surface area (Å²) in [6, 6.07) is 11.2. The van der Waals surface area contributed by atoms with E-state index in [1.807, 2.05) is 48.0 Å². The Morgan fingerprint density at radius 2 is 2.08 bits per heavy atom. The average Bonchev–Trinajstić information content (AvgIpc) is 3.15. The molecule has 6 heteroatoms. The highest BCUT2D eigenvalue weighted by atomic mass is 35.5. The predicted octanol–water partition coefficient (Wildman–Crippen LogP) is 3.83. The molecule has 0 unspecified atom stereocenters. The maximum atomic E-state index is 12.6. The minimum Gasteiger partial charge on any atom is -0.497 e. The number of aryl methyl sites for hydroxylation is 1. The van der Waals surface area contributed by atoms with Gasteiger partial charge in [-0.3, -0.25) is 4.79 Å². The van der Waals surface area contributed by atoms with Crippen molar-refractivity contribution in [3.8, 4) is 5.75 Å². The van der Waals surface area contributed by atoms with E-state index in [9.17, 15) is 4.79 Å². The Morgan fingerprint density at radius 1 is 1.23 bits per heavy atom. The molecule has 26 heavy (non-hydrogen) atoms. The molecule has 0 fully saturated rings. The highest BCUT2D eigenvalue weighted by Gasteiger charge is 2.10. The van der Waals surface area contributed by atoms with Gasteiger partial charge in [-0.1, -0.05) is 23.7 Å². The van der Waals surface area contributed by atoms with Crippen LogP contribution in [0, 0.1) is 6.92 Å². The number of hydrogen-bond donors (Lipinski definition) is 1. The molecule has 134 valence electrons. The van der Waals surface area contributed by atoms with Crippen LogP contribution in [-0.4, -0.2) is 22.6 Å². The minimum atomic E-state index is -0.150. The number of rotatable bonds is 6. The first-order valence-electron chi connectivity index (χ1n) is 8.22. The summed E-state index contributed by atoms with van der Waals surface area (Å²) in [5.74, 6) is 0.499. The quantitative estimate of drug-likeness (QED) is 0.718. The van der Waals surface area contributed by atoms with Gasteiger partial charge in [0.2, 0.25) is 0 Å². The molecular weight excluding hydrogens is 350 g/mol. The molecule has 2 aromatic carbocycles. The van der Waals surface area contributed by atoms with Gasteiger partial charge in [-0.05, 0) is 47.9 Å². The fraction of sp³-hybridized carbons (Fsp3) is 0.200. The van der Waals surface area contributed by atoms with Crippen molar-refractivity contribution in [1.82, 2.24) is 14.9 Å². The Balaban J connectivity index is 1.74. The first-order valence-corrected chi connectivity index (χ1v) is 8.60. The van der Waals surface area contributed by atoms with E-state index in [1.54, 1.807) is 25.7 Å². The maximum Gasteiger partial charge on any atom is 0.251 e. The van der Waals surface area contributed by atoms with Crippen molar-refractivity contribution in [1.29, 1.82) is 0 Å². The normalized spacial score (nSPS) is 10.6. The van der Waals surface area contributed by atoms with Gasteiger partial charge in [0.1, 0.15) is 5.75 Å². The lowest BCUT2D eigenvalue weighted by molar-refractivity contribution is 0.0950. The van der Waals surface area contributed by atoms with E-state index >= 15 is 0 Å². The molecule has 1 heterocycles. The van der Waals surface area contributed by atoms with Gasteiger partial charge in [-0.25, -0.2) is 4.98 Å². The van der Waals surface area contributed by atoms with Gasteiger partial charge in [-0.2, -0.15) is 0 Å². The molecule has 1 aromatic heterocycles. The fourth-order valence-corrected chi connectivity index (χ4v) is 2.81. The largest absolute Gasteiger partial charge is 0.497 e. The van der Waals surface area contributed by atoms with Gasteiger partial charge in [0.25, 0.3) is 5.91 Å². The summed E-state index contributed by atoms with van der Waals surface area (Å²) in [5.41, 5.74) is 3.52. The Kier molecular flexibility index (Phi) is 5.58. The third-order valence-electron chi connectivity index (χ3n) is 4.06. The molecule has 0 aliphatic heterocycles. The van der Waals surface area contributed by atoms with Crippen LogP contribution in [0.5, 0.6) is 5.75 Å². The first-order chi connectivity index (χ1) is 12.5. The zero-order chi connectivity index (χ0) is 18.5. The molecule has 0 atom stereocenters. The molecule has 1 amide bonds. The van der Waals surface area contributed by atoms with Crippen LogP contribution >= 0.6 is 11.6 Å². The van der Waals surface area contributed by atoms with E-state index < -0.39 is 0 Å². The molecule has 0 radical (unpaired) electrons. The number of hydrogen-bond acceptors (Lipinski definition) is 3. The maximum absolute atomic E-state index is 12.6. The Bertz CT molecular complexity index is 907. The van der Waals surface area contributed by atoms with Crippen molar-refractivity contribution in [2.45, 2.75) is 20.0 Å². The topological polar surface area (TPSA) is 56.2 Å². The molecule has 0 bridgehead atoms. The van der Waals surface area contributed by atoms with E-state index in [2.05, 4.69) is 10.3 Å². The number of benzene rings is 2. The van der Waals surface area contributed by atoms with Crippen LogP contribution in [0.4, 0.5) is 0 Å². The van der Waals surface area contributed by atoms with E-state index in [4.69, 9.17) is 16.3 Å². The summed E-state index contributed by atoms with van der Waals surface area (Å²) in [7, 11) is 1.59. The van der Waals surface area contributed by atoms with E-state index in [0.717, 1.165) is 21.7 Å². The molecule has 3 rings (SSSR count). The number of nitrogens with one attached hydrogen (secondary N) is 1. The third kappa shape index (κ3) is 4.43. The molecule has 0 aliphatic carbocycles. The summed E-state index contributed by atoms with van der Waals surface area (Å²) >= 11 is 6.04. The summed E-state index contributed by atoms with van der Waals surface area (Å²) < 4.78 is 7.27. The average molecular weight is 370 g/mol. The first kappa shape index (κ1) is 18.0. The molecular formula is C20H20ClN3O2. The van der Waals surface area contributed by atoms with Crippen LogP contribution in [0.2, 0.25) is 5.02 Å². The second-order valence-electron chi connectivity index (χ2n) is 6.07. The SMILES string of the molecule is COc1cc(Cn2ccnc2)cc(C(=O)NCc2ccc(Cl)c(C)c2)c1. The number of methoxy groups -OCH3 is 1. The Hall–Kier alpha value is -2.79. The van der Waals surface area contributed by atoms with Crippen molar-refractivity contribution in [2.24, 2.45) is 0 Å². The lowest BCUT2D eigenvalue weighted by atomic mass is 10.1. The number of aromatic nitrogens is 2. The standard InChI is InChI=1S/C20H20ClN3O2/c1-14-7-15(3-4-19(14)21)11-23-20(25)17-8-16(9-18(10-17)26-2)12-24-6-5-22-13-24/h3-10,13H,11-12H2,1-2H3,(H,23,25). The molecule has 1 N–H and O–H groups in total. The van der Waals surface area contributed by atoms with E-state index in [-0.39, 0.29) is 5.91 Å². The van der Waals surface area contributed by atoms with Gasteiger partial charge in [-0.15, -0.1) is 0 Å². The lowest BCUT2D eigenvalue weighted by Crippen LogP contribution is -2.23. The molecule has 0 aliphatic rings. The monoisotopic (exact) mass is 369 g/mol. The van der Waals surface area contributed by atoms with Crippen molar-refractivity contribution in [3.63, 3.8) is 0 Å². The molecule has 5 nitrogen and oxygen atoms in total. The van der Waals surface area contributed by atoms with Gasteiger partial charge < -0.3 is 14.6 Å². The molecule has 3 aromatic rings. The molecule has 0 saturated heterocycles. The highest BCUT2D eigenvalue weighted by molar-refractivity contribution is 6.31. The third-order valence-corrected chi connectivity index (χ3v) is 4.49. The zero-order valence-electron chi connectivity index (χ0n) is 14.7. The van der Waals surface area contributed by atoms with Crippen molar-refractivity contribution < 1.29 is 9.53 Å². The summed E-state index contributed by atoms with van der Waals surface area (Å²) in [6.07, 6.45) is 5.34. The molecule has 0 spiro atoms. The Labute approximate surface area is 157 Å². The summed E-state index contributed by atoms with van der Waals surface area (Å²) in [5, 5.41) is 3.66. The Morgan fingerprint density at radius 3 is 2.77 bits per heavy atom. The lowest BCUT2D eigenvalue weighted by Gasteiger charge is -2.11. The number of halogens is 1. The summed E-state index contributed by atoms with van der Waals surface area (Å²) in [4.78, 5) is 16.6. The van der Waals surface area contributed by atoms with Crippen molar-refractivity contribution in [3.05, 3.63) is 82.4 Å². The summed E-state index contributed by atoms with van der Waals surface area (Å²) in [6.45, 7) is 3.00. The second-order valence-corrected chi connectivity index (χ2v) is 6.48. The van der Waals surface area contributed by atoms with Gasteiger partial charge in [0, 0.05) is 36.1 Å². The number of nitrogens with zero attached hydrogens (tertiary/aromatic N) is 2. The fourth-order valence-electron chi connectivity index (χ4n) is 2.69. The van der Waals surface area contributed by atoms with Crippen LogP contribution in [0.1, 0.15) is 27.0 Å². The van der Waals surface area contributed by atoms with Gasteiger partial charge >= 0.3 is 0 Å². The van der Waals surface area contributed by atoms with Crippen molar-refractivity contribution >= 4 is 17.5 Å². The molecule has 0 saturated carbocycles. The number of carbonyl (C=O) groups is 1. The highest BCUT2D eigenvalue weighted by Crippen LogP contribution is 2.19. The zero-order valence-corrected chi connectivity index (χ0v) is 15.5. The van der Waals surface area contributed by atoms with Crippen LogP contribution < -0.4 is 10.1 Å². The minimum absolute atomic E-state index is 0.150. The van der Waals surface area contributed by atoms with Crippen molar-refractivity contribution in [2.75, 3.05) is 7.11 Å². The predicted molar refractivity (Wildman–Crippen MR) is 102 cm³/mol. The van der Waals surface area contributed by atoms with Crippen LogP contribution in [0.25, 0.3) is 0 Å². The smallest absolute Gasteiger partial charge is 0.251 e. The number of imidazole rings is 1. The second kappa shape index (κ2) is 8.06. The van der Waals surface area contributed by atoms with Gasteiger partial charge in [0.15, 0.2) is 0 Å². The number of carbonyl (C=O) groups excluding carboxylic acids is 1. The van der Waals surface area contributed by atoms with Crippen LogP contribution in [0.3, 0.4) is 0 Å². The van der Waals surface area contributed by atoms with E-state index in [1.165, 1.54) is 0 Å². The van der Waals surface area contributed by atoms with E-state index in [0.29, 0.717) is 24.4 Å². The number of amides is 1. The van der Waals surface area contributed by atoms with Crippen LogP contribution in [-0.2, 0) is 13.1 Å². The van der Waals surface area contributed by atoms with Crippen LogP contribution in [0.15, 0.2) is 55.1 Å².